The summed E-state index contributed by atoms with van der Waals surface area (Å²) >= 11 is 0. The number of hydrogen-bond acceptors (Lipinski definition) is 3. The molecule has 3 aromatic rings. The number of carbonyl (C=O) groups excluding carboxylic acids is 1. The molecule has 1 saturated heterocycles. The third kappa shape index (κ3) is 4.73. The number of likely N-dealkylation sites (tertiary alicyclic amines) is 1. The first-order valence-electron chi connectivity index (χ1n) is 12.1. The number of benzene rings is 3. The van der Waals surface area contributed by atoms with Crippen LogP contribution in [-0.2, 0) is 6.42 Å². The minimum Gasteiger partial charge on any atom is -0.345 e. The molecular formula is C29H33N3O. The van der Waals surface area contributed by atoms with Gasteiger partial charge in [0.1, 0.15) is 0 Å². The van der Waals surface area contributed by atoms with Crippen molar-refractivity contribution in [2.24, 2.45) is 11.7 Å². The van der Waals surface area contributed by atoms with E-state index < -0.39 is 0 Å². The molecule has 4 heteroatoms. The normalized spacial score (nSPS) is 23.3. The highest BCUT2D eigenvalue weighted by molar-refractivity contribution is 5.94. The second kappa shape index (κ2) is 9.50. The molecule has 3 N–H and O–H groups in total. The van der Waals surface area contributed by atoms with Gasteiger partial charge in [0, 0.05) is 30.6 Å². The van der Waals surface area contributed by atoms with Gasteiger partial charge in [-0.3, -0.25) is 4.79 Å². The summed E-state index contributed by atoms with van der Waals surface area (Å²) in [5.41, 5.74) is 11.8. The van der Waals surface area contributed by atoms with Crippen molar-refractivity contribution in [1.29, 1.82) is 0 Å². The number of nitrogens with two attached hydrogens (primary N) is 1. The van der Waals surface area contributed by atoms with Crippen LogP contribution in [0.25, 0.3) is 0 Å². The summed E-state index contributed by atoms with van der Waals surface area (Å²) in [6.07, 6.45) is 2.21. The van der Waals surface area contributed by atoms with Gasteiger partial charge in [0.05, 0.1) is 6.04 Å². The molecule has 1 heterocycles. The minimum atomic E-state index is -0.0922. The lowest BCUT2D eigenvalue weighted by atomic mass is 9.98. The lowest BCUT2D eigenvalue weighted by Gasteiger charge is -2.27. The van der Waals surface area contributed by atoms with Crippen molar-refractivity contribution in [2.75, 3.05) is 19.6 Å². The molecule has 1 aliphatic heterocycles. The molecule has 5 rings (SSSR count). The highest BCUT2D eigenvalue weighted by Crippen LogP contribution is 2.38. The van der Waals surface area contributed by atoms with Crippen LogP contribution in [0, 0.1) is 5.92 Å². The van der Waals surface area contributed by atoms with Gasteiger partial charge in [0.15, 0.2) is 0 Å². The van der Waals surface area contributed by atoms with Crippen LogP contribution in [0.5, 0.6) is 0 Å². The second-order valence-electron chi connectivity index (χ2n) is 9.68. The molecule has 2 unspecified atom stereocenters. The highest BCUT2D eigenvalue weighted by Gasteiger charge is 2.36. The van der Waals surface area contributed by atoms with Gasteiger partial charge in [-0.1, -0.05) is 66.7 Å². The zero-order chi connectivity index (χ0) is 22.8. The van der Waals surface area contributed by atoms with Crippen LogP contribution in [0.1, 0.15) is 64.0 Å². The predicted molar refractivity (Wildman–Crippen MR) is 133 cm³/mol. The SMILES string of the molecule is CC(N)c1cccc(C(=O)N[C@H]2c3ccccc3C[C@H]2CN2CCC(c3ccccc3)C2)c1. The molecule has 0 bridgehead atoms. The Hall–Kier alpha value is -2.95. The van der Waals surface area contributed by atoms with Gasteiger partial charge in [-0.05, 0) is 66.6 Å². The summed E-state index contributed by atoms with van der Waals surface area (Å²) in [5, 5.41) is 3.38. The predicted octanol–water partition coefficient (Wildman–Crippen LogP) is 4.84. The molecule has 170 valence electrons. The topological polar surface area (TPSA) is 58.4 Å². The molecule has 33 heavy (non-hydrogen) atoms. The van der Waals surface area contributed by atoms with Crippen LogP contribution in [0.4, 0.5) is 0 Å². The van der Waals surface area contributed by atoms with Gasteiger partial charge >= 0.3 is 0 Å². The Morgan fingerprint density at radius 2 is 1.85 bits per heavy atom. The summed E-state index contributed by atoms with van der Waals surface area (Å²) < 4.78 is 0. The molecule has 0 aromatic heterocycles. The van der Waals surface area contributed by atoms with E-state index in [0.717, 1.165) is 31.6 Å². The van der Waals surface area contributed by atoms with E-state index in [1.54, 1.807) is 0 Å². The van der Waals surface area contributed by atoms with Crippen molar-refractivity contribution in [3.63, 3.8) is 0 Å². The van der Waals surface area contributed by atoms with E-state index in [-0.39, 0.29) is 18.0 Å². The van der Waals surface area contributed by atoms with Crippen molar-refractivity contribution in [3.8, 4) is 0 Å². The van der Waals surface area contributed by atoms with Crippen molar-refractivity contribution >= 4 is 5.91 Å². The van der Waals surface area contributed by atoms with E-state index in [9.17, 15) is 4.79 Å². The van der Waals surface area contributed by atoms with Crippen LogP contribution in [0.15, 0.2) is 78.9 Å². The number of nitrogens with zero attached hydrogens (tertiary/aromatic N) is 1. The van der Waals surface area contributed by atoms with E-state index >= 15 is 0 Å². The molecule has 0 saturated carbocycles. The van der Waals surface area contributed by atoms with Gasteiger partial charge in [-0.2, -0.15) is 0 Å². The zero-order valence-corrected chi connectivity index (χ0v) is 19.3. The van der Waals surface area contributed by atoms with Crippen molar-refractivity contribution in [2.45, 2.75) is 37.8 Å². The maximum atomic E-state index is 13.2. The average Bonchev–Trinajstić information content (AvgIpc) is 3.45. The summed E-state index contributed by atoms with van der Waals surface area (Å²) in [6, 6.07) is 27.1. The Morgan fingerprint density at radius 1 is 1.06 bits per heavy atom. The summed E-state index contributed by atoms with van der Waals surface area (Å²) in [5.74, 6) is 0.953. The quantitative estimate of drug-likeness (QED) is 0.578. The number of amides is 1. The monoisotopic (exact) mass is 439 g/mol. The standard InChI is InChI=1S/C29H33N3O/c1-20(30)22-11-7-12-24(16-22)29(33)31-28-26(17-23-10-5-6-13-27(23)28)19-32-15-14-25(18-32)21-8-3-2-4-9-21/h2-13,16,20,25-26,28H,14-15,17-19,30H2,1H3,(H,31,33)/t20?,25?,26-,28+/m0/s1. The van der Waals surface area contributed by atoms with Crippen LogP contribution < -0.4 is 11.1 Å². The fourth-order valence-electron chi connectivity index (χ4n) is 5.56. The molecule has 1 fully saturated rings. The summed E-state index contributed by atoms with van der Waals surface area (Å²) in [7, 11) is 0. The van der Waals surface area contributed by atoms with Crippen molar-refractivity contribution in [1.82, 2.24) is 10.2 Å². The van der Waals surface area contributed by atoms with Crippen LogP contribution >= 0.6 is 0 Å². The molecule has 1 amide bonds. The van der Waals surface area contributed by atoms with E-state index in [2.05, 4.69) is 64.8 Å². The van der Waals surface area contributed by atoms with Gasteiger partial charge in [0.25, 0.3) is 5.91 Å². The molecule has 4 atom stereocenters. The number of hydrogen-bond donors (Lipinski definition) is 2. The first-order valence-corrected chi connectivity index (χ1v) is 12.1. The van der Waals surface area contributed by atoms with Crippen LogP contribution in [0.3, 0.4) is 0 Å². The molecule has 3 aromatic carbocycles. The highest BCUT2D eigenvalue weighted by atomic mass is 16.1. The van der Waals surface area contributed by atoms with E-state index in [1.807, 2.05) is 31.2 Å². The fourth-order valence-corrected chi connectivity index (χ4v) is 5.56. The summed E-state index contributed by atoms with van der Waals surface area (Å²) in [4.78, 5) is 15.8. The van der Waals surface area contributed by atoms with E-state index in [4.69, 9.17) is 5.73 Å². The maximum absolute atomic E-state index is 13.2. The Morgan fingerprint density at radius 3 is 2.67 bits per heavy atom. The number of carbonyl (C=O) groups is 1. The molecular weight excluding hydrogens is 406 g/mol. The van der Waals surface area contributed by atoms with Crippen molar-refractivity contribution in [3.05, 3.63) is 107 Å². The number of nitrogens with one attached hydrogen (secondary N) is 1. The number of fused-ring (bicyclic) bond motifs is 1. The minimum absolute atomic E-state index is 0.0206. The lowest BCUT2D eigenvalue weighted by molar-refractivity contribution is 0.0918. The zero-order valence-electron chi connectivity index (χ0n) is 19.3. The maximum Gasteiger partial charge on any atom is 0.251 e. The van der Waals surface area contributed by atoms with Gasteiger partial charge in [0.2, 0.25) is 0 Å². The molecule has 2 aliphatic rings. The Kier molecular flexibility index (Phi) is 6.30. The van der Waals surface area contributed by atoms with E-state index in [0.29, 0.717) is 17.4 Å². The van der Waals surface area contributed by atoms with Gasteiger partial charge in [-0.15, -0.1) is 0 Å². The third-order valence-electron chi connectivity index (χ3n) is 7.34. The fraction of sp³-hybridized carbons (Fsp3) is 0.345. The Bertz CT molecular complexity index is 1110. The van der Waals surface area contributed by atoms with Crippen LogP contribution in [0.2, 0.25) is 0 Å². The molecule has 4 nitrogen and oxygen atoms in total. The first-order chi connectivity index (χ1) is 16.1. The molecule has 0 spiro atoms. The Labute approximate surface area is 196 Å². The average molecular weight is 440 g/mol. The second-order valence-corrected chi connectivity index (χ2v) is 9.68. The van der Waals surface area contributed by atoms with Crippen LogP contribution in [-0.4, -0.2) is 30.4 Å². The van der Waals surface area contributed by atoms with Gasteiger partial charge < -0.3 is 16.0 Å². The third-order valence-corrected chi connectivity index (χ3v) is 7.34. The smallest absolute Gasteiger partial charge is 0.251 e. The van der Waals surface area contributed by atoms with Gasteiger partial charge in [-0.25, -0.2) is 0 Å². The Balaban J connectivity index is 1.31. The van der Waals surface area contributed by atoms with Crippen molar-refractivity contribution < 1.29 is 4.79 Å². The molecule has 0 radical (unpaired) electrons. The first kappa shape index (κ1) is 21.9. The number of rotatable bonds is 6. The summed E-state index contributed by atoms with van der Waals surface area (Å²) in [6.45, 7) is 5.15. The van der Waals surface area contributed by atoms with E-state index in [1.165, 1.54) is 23.1 Å². The largest absolute Gasteiger partial charge is 0.345 e. The lowest BCUT2D eigenvalue weighted by Crippen LogP contribution is -2.37. The molecule has 1 aliphatic carbocycles.